The summed E-state index contributed by atoms with van der Waals surface area (Å²) in [6.07, 6.45) is 0. The molecule has 0 aliphatic heterocycles. The van der Waals surface area contributed by atoms with Gasteiger partial charge in [-0.2, -0.15) is 0 Å². The van der Waals surface area contributed by atoms with E-state index in [2.05, 4.69) is 10.6 Å². The fraction of sp³-hybridized carbons (Fsp3) is 0.273. The number of rotatable bonds is 3. The summed E-state index contributed by atoms with van der Waals surface area (Å²) in [6.45, 7) is 3.03. The molecule has 1 rings (SSSR count). The molecule has 0 radical (unpaired) electrons. The average molecular weight is 258 g/mol. The lowest BCUT2D eigenvalue weighted by Gasteiger charge is -2.09. The van der Waals surface area contributed by atoms with Crippen molar-refractivity contribution in [3.63, 3.8) is 0 Å². The number of hydrogen-bond donors (Lipinski definition) is 3. The third-order valence-electron chi connectivity index (χ3n) is 1.86. The van der Waals surface area contributed by atoms with Gasteiger partial charge in [0.15, 0.2) is 0 Å². The van der Waals surface area contributed by atoms with Crippen molar-refractivity contribution in [3.8, 4) is 0 Å². The first kappa shape index (κ1) is 15.4. The second-order valence-electron chi connectivity index (χ2n) is 3.54. The number of anilines is 2. The molecule has 0 aromatic heterocycles. The lowest BCUT2D eigenvalue weighted by Crippen LogP contribution is -2.32. The number of amides is 2. The van der Waals surface area contributed by atoms with Gasteiger partial charge in [-0.15, -0.1) is 12.4 Å². The zero-order valence-corrected chi connectivity index (χ0v) is 10.5. The standard InChI is InChI=1S/C11H15N3O2.ClH/c1-7(12)11(16)14-10-5-3-4-9(6-10)13-8(2)15;/h3-7H,12H2,1-2H3,(H,13,15)(H,14,16);1H. The van der Waals surface area contributed by atoms with Crippen LogP contribution in [0.4, 0.5) is 11.4 Å². The summed E-state index contributed by atoms with van der Waals surface area (Å²) in [4.78, 5) is 22.2. The summed E-state index contributed by atoms with van der Waals surface area (Å²) < 4.78 is 0. The van der Waals surface area contributed by atoms with E-state index in [1.54, 1.807) is 31.2 Å². The highest BCUT2D eigenvalue weighted by Crippen LogP contribution is 2.14. The second kappa shape index (κ2) is 6.88. The number of hydrogen-bond acceptors (Lipinski definition) is 3. The van der Waals surface area contributed by atoms with Crippen LogP contribution in [-0.4, -0.2) is 17.9 Å². The zero-order valence-electron chi connectivity index (χ0n) is 9.69. The Kier molecular flexibility index (Phi) is 6.23. The van der Waals surface area contributed by atoms with E-state index >= 15 is 0 Å². The van der Waals surface area contributed by atoms with E-state index in [0.29, 0.717) is 11.4 Å². The highest BCUT2D eigenvalue weighted by molar-refractivity contribution is 5.95. The Morgan fingerprint density at radius 2 is 1.76 bits per heavy atom. The summed E-state index contributed by atoms with van der Waals surface area (Å²) in [6, 6.07) is 6.31. The molecule has 0 bridgehead atoms. The van der Waals surface area contributed by atoms with Crippen LogP contribution >= 0.6 is 12.4 Å². The number of carbonyl (C=O) groups is 2. The predicted molar refractivity (Wildman–Crippen MR) is 70.3 cm³/mol. The number of nitrogens with one attached hydrogen (secondary N) is 2. The van der Waals surface area contributed by atoms with E-state index in [9.17, 15) is 9.59 Å². The number of carbonyl (C=O) groups excluding carboxylic acids is 2. The van der Waals surface area contributed by atoms with E-state index < -0.39 is 6.04 Å². The Morgan fingerprint density at radius 3 is 2.24 bits per heavy atom. The Labute approximate surface area is 106 Å². The normalized spacial score (nSPS) is 11.0. The first-order valence-electron chi connectivity index (χ1n) is 4.93. The molecule has 6 heteroatoms. The third kappa shape index (κ3) is 5.33. The van der Waals surface area contributed by atoms with E-state index in [1.165, 1.54) is 6.92 Å². The van der Waals surface area contributed by atoms with E-state index in [1.807, 2.05) is 0 Å². The van der Waals surface area contributed by atoms with Crippen LogP contribution in [0.3, 0.4) is 0 Å². The molecule has 0 fully saturated rings. The van der Waals surface area contributed by atoms with Crippen LogP contribution in [0.5, 0.6) is 0 Å². The minimum absolute atomic E-state index is 0. The summed E-state index contributed by atoms with van der Waals surface area (Å²) in [5.74, 6) is -0.421. The van der Waals surface area contributed by atoms with Crippen molar-refractivity contribution in [2.24, 2.45) is 5.73 Å². The Morgan fingerprint density at radius 1 is 1.24 bits per heavy atom. The van der Waals surface area contributed by atoms with Gasteiger partial charge in [-0.3, -0.25) is 9.59 Å². The fourth-order valence-electron chi connectivity index (χ4n) is 1.13. The molecule has 0 heterocycles. The van der Waals surface area contributed by atoms with Gasteiger partial charge in [-0.1, -0.05) is 6.07 Å². The Balaban J connectivity index is 0.00000256. The van der Waals surface area contributed by atoms with Gasteiger partial charge in [0, 0.05) is 18.3 Å². The van der Waals surface area contributed by atoms with Gasteiger partial charge >= 0.3 is 0 Å². The molecule has 1 aromatic carbocycles. The number of nitrogens with two attached hydrogens (primary N) is 1. The monoisotopic (exact) mass is 257 g/mol. The van der Waals surface area contributed by atoms with Crippen molar-refractivity contribution in [2.45, 2.75) is 19.9 Å². The molecule has 0 aliphatic rings. The van der Waals surface area contributed by atoms with E-state index in [-0.39, 0.29) is 24.2 Å². The van der Waals surface area contributed by atoms with Gasteiger partial charge in [0.05, 0.1) is 6.04 Å². The van der Waals surface area contributed by atoms with Gasteiger partial charge in [0.1, 0.15) is 0 Å². The smallest absolute Gasteiger partial charge is 0.240 e. The number of halogens is 1. The lowest BCUT2D eigenvalue weighted by atomic mass is 10.2. The molecule has 0 saturated heterocycles. The SMILES string of the molecule is CC(=O)Nc1cccc(NC(=O)C(C)N)c1.Cl. The second-order valence-corrected chi connectivity index (χ2v) is 3.54. The van der Waals surface area contributed by atoms with Crippen LogP contribution in [0.15, 0.2) is 24.3 Å². The molecule has 5 nitrogen and oxygen atoms in total. The Hall–Kier alpha value is -1.59. The van der Waals surface area contributed by atoms with Crippen LogP contribution in [0.2, 0.25) is 0 Å². The molecule has 1 atom stereocenters. The van der Waals surface area contributed by atoms with Crippen molar-refractivity contribution < 1.29 is 9.59 Å². The quantitative estimate of drug-likeness (QED) is 0.764. The molecule has 0 saturated carbocycles. The molecule has 94 valence electrons. The van der Waals surface area contributed by atoms with E-state index in [0.717, 1.165) is 0 Å². The van der Waals surface area contributed by atoms with Crippen LogP contribution in [0, 0.1) is 0 Å². The van der Waals surface area contributed by atoms with Gasteiger partial charge < -0.3 is 16.4 Å². The highest BCUT2D eigenvalue weighted by Gasteiger charge is 2.07. The zero-order chi connectivity index (χ0) is 12.1. The maximum Gasteiger partial charge on any atom is 0.240 e. The van der Waals surface area contributed by atoms with Crippen LogP contribution in [0.1, 0.15) is 13.8 Å². The van der Waals surface area contributed by atoms with Crippen LogP contribution < -0.4 is 16.4 Å². The third-order valence-corrected chi connectivity index (χ3v) is 1.86. The molecule has 1 unspecified atom stereocenters. The first-order valence-corrected chi connectivity index (χ1v) is 4.93. The minimum atomic E-state index is -0.565. The molecule has 0 aliphatic carbocycles. The Bertz CT molecular complexity index is 407. The lowest BCUT2D eigenvalue weighted by molar-refractivity contribution is -0.117. The average Bonchev–Trinajstić information content (AvgIpc) is 2.16. The molecule has 17 heavy (non-hydrogen) atoms. The van der Waals surface area contributed by atoms with Crippen molar-refractivity contribution in [2.75, 3.05) is 10.6 Å². The largest absolute Gasteiger partial charge is 0.326 e. The fourth-order valence-corrected chi connectivity index (χ4v) is 1.13. The minimum Gasteiger partial charge on any atom is -0.326 e. The van der Waals surface area contributed by atoms with Crippen molar-refractivity contribution in [1.82, 2.24) is 0 Å². The maximum atomic E-state index is 11.3. The summed E-state index contributed by atoms with van der Waals surface area (Å²) in [7, 11) is 0. The van der Waals surface area contributed by atoms with Gasteiger partial charge in [-0.25, -0.2) is 0 Å². The summed E-state index contributed by atoms with van der Waals surface area (Å²) >= 11 is 0. The predicted octanol–water partition coefficient (Wildman–Crippen LogP) is 1.35. The summed E-state index contributed by atoms with van der Waals surface area (Å²) in [5.41, 5.74) is 6.66. The molecule has 2 amide bonds. The first-order chi connectivity index (χ1) is 7.49. The van der Waals surface area contributed by atoms with Gasteiger partial charge in [-0.05, 0) is 25.1 Å². The molecule has 4 N–H and O–H groups in total. The van der Waals surface area contributed by atoms with Crippen LogP contribution in [0.25, 0.3) is 0 Å². The van der Waals surface area contributed by atoms with E-state index in [4.69, 9.17) is 5.73 Å². The maximum absolute atomic E-state index is 11.3. The number of benzene rings is 1. The topological polar surface area (TPSA) is 84.2 Å². The van der Waals surface area contributed by atoms with Gasteiger partial charge in [0.25, 0.3) is 0 Å². The van der Waals surface area contributed by atoms with Crippen molar-refractivity contribution in [1.29, 1.82) is 0 Å². The highest BCUT2D eigenvalue weighted by atomic mass is 35.5. The van der Waals surface area contributed by atoms with Crippen molar-refractivity contribution >= 4 is 35.6 Å². The van der Waals surface area contributed by atoms with Crippen molar-refractivity contribution in [3.05, 3.63) is 24.3 Å². The summed E-state index contributed by atoms with van der Waals surface area (Å²) in [5, 5.41) is 5.27. The van der Waals surface area contributed by atoms with Gasteiger partial charge in [0.2, 0.25) is 11.8 Å². The molecular formula is C11H16ClN3O2. The van der Waals surface area contributed by atoms with Crippen LogP contribution in [-0.2, 0) is 9.59 Å². The molecule has 1 aromatic rings. The molecule has 0 spiro atoms. The molecular weight excluding hydrogens is 242 g/mol.